The van der Waals surface area contributed by atoms with Crippen LogP contribution in [0.25, 0.3) is 16.7 Å². The van der Waals surface area contributed by atoms with Crippen molar-refractivity contribution < 1.29 is 19.8 Å². The Balaban J connectivity index is 1.96. The van der Waals surface area contributed by atoms with Crippen molar-refractivity contribution in [2.45, 2.75) is 45.8 Å². The summed E-state index contributed by atoms with van der Waals surface area (Å²) in [5.41, 5.74) is 2.07. The first-order valence-corrected chi connectivity index (χ1v) is 9.99. The largest absolute Gasteiger partial charge is 0.678 e. The van der Waals surface area contributed by atoms with Gasteiger partial charge in [0.05, 0.1) is 22.5 Å². The molecule has 0 aromatic carbocycles. The van der Waals surface area contributed by atoms with E-state index >= 15 is 0 Å². The fourth-order valence-corrected chi connectivity index (χ4v) is 3.62. The third-order valence-electron chi connectivity index (χ3n) is 4.89. The monoisotopic (exact) mass is 421 g/mol. The fraction of sp³-hybridized carbons (Fsp3) is 0.304. The quantitative estimate of drug-likeness (QED) is 0.676. The van der Waals surface area contributed by atoms with Crippen LogP contribution in [-0.4, -0.2) is 49.1 Å². The summed E-state index contributed by atoms with van der Waals surface area (Å²) in [7, 11) is 0. The van der Waals surface area contributed by atoms with Gasteiger partial charge in [-0.3, -0.25) is 9.97 Å². The Kier molecular flexibility index (Phi) is 6.39. The Bertz CT molecular complexity index is 1050. The second-order valence-electron chi connectivity index (χ2n) is 7.81. The molecule has 8 heteroatoms. The van der Waals surface area contributed by atoms with E-state index in [0.717, 1.165) is 5.70 Å². The molecule has 3 heterocycles. The van der Waals surface area contributed by atoms with Crippen LogP contribution in [0.5, 0.6) is 0 Å². The average Bonchev–Trinajstić information content (AvgIpc) is 2.73. The smallest absolute Gasteiger partial charge is 0.335 e. The van der Waals surface area contributed by atoms with Gasteiger partial charge >= 0.3 is 11.9 Å². The number of carbonyl (C=O) groups is 2. The first-order valence-electron chi connectivity index (χ1n) is 9.99. The highest BCUT2D eigenvalue weighted by Crippen LogP contribution is 2.32. The van der Waals surface area contributed by atoms with Crippen LogP contribution < -0.4 is 0 Å². The van der Waals surface area contributed by atoms with Gasteiger partial charge in [-0.05, 0) is 58.0 Å². The highest BCUT2D eigenvalue weighted by molar-refractivity contribution is 5.90. The molecule has 8 nitrogen and oxygen atoms in total. The minimum Gasteiger partial charge on any atom is -0.678 e. The molecule has 0 saturated heterocycles. The van der Waals surface area contributed by atoms with E-state index in [0.29, 0.717) is 17.8 Å². The van der Waals surface area contributed by atoms with Crippen molar-refractivity contribution in [2.75, 3.05) is 0 Å². The van der Waals surface area contributed by atoms with Gasteiger partial charge in [-0.1, -0.05) is 12.1 Å². The highest BCUT2D eigenvalue weighted by atomic mass is 16.4. The molecule has 0 amide bonds. The molecule has 1 aliphatic rings. The SMILES string of the molecule is CC(C)N(C1=C[N-]C(c2cc(C(=O)O)cc(-c3cc(C(=O)O)ccn3)n2)C=C1)C(C)C. The molecule has 162 valence electrons. The molecule has 0 spiro atoms. The van der Waals surface area contributed by atoms with E-state index < -0.39 is 18.0 Å². The van der Waals surface area contributed by atoms with E-state index in [1.807, 2.05) is 12.2 Å². The molecule has 0 bridgehead atoms. The average molecular weight is 421 g/mol. The van der Waals surface area contributed by atoms with Crippen LogP contribution in [0.1, 0.15) is 60.1 Å². The predicted octanol–water partition coefficient (Wildman–Crippen LogP) is 4.48. The molecule has 0 radical (unpaired) electrons. The van der Waals surface area contributed by atoms with Crippen molar-refractivity contribution in [1.82, 2.24) is 14.9 Å². The summed E-state index contributed by atoms with van der Waals surface area (Å²) in [5, 5.41) is 23.4. The lowest BCUT2D eigenvalue weighted by Gasteiger charge is -2.40. The van der Waals surface area contributed by atoms with Gasteiger partial charge in [-0.25, -0.2) is 9.59 Å². The zero-order valence-electron chi connectivity index (χ0n) is 17.9. The van der Waals surface area contributed by atoms with Crippen LogP contribution in [0.2, 0.25) is 0 Å². The van der Waals surface area contributed by atoms with Gasteiger partial charge in [0.1, 0.15) is 0 Å². The summed E-state index contributed by atoms with van der Waals surface area (Å²) in [6, 6.07) is 5.75. The minimum absolute atomic E-state index is 0.0342. The van der Waals surface area contributed by atoms with Gasteiger partial charge in [0.2, 0.25) is 0 Å². The Morgan fingerprint density at radius 1 is 1.00 bits per heavy atom. The summed E-state index contributed by atoms with van der Waals surface area (Å²) in [6.07, 6.45) is 6.99. The van der Waals surface area contributed by atoms with Gasteiger partial charge in [0, 0.05) is 29.7 Å². The molecule has 0 saturated carbocycles. The van der Waals surface area contributed by atoms with E-state index in [9.17, 15) is 19.8 Å². The lowest BCUT2D eigenvalue weighted by atomic mass is 10.0. The van der Waals surface area contributed by atoms with Crippen molar-refractivity contribution >= 4 is 11.9 Å². The molecule has 1 aliphatic heterocycles. The molecule has 0 fully saturated rings. The predicted molar refractivity (Wildman–Crippen MR) is 117 cm³/mol. The Hall–Kier alpha value is -3.68. The molecular weight excluding hydrogens is 396 g/mol. The number of nitrogens with zero attached hydrogens (tertiary/aromatic N) is 4. The number of pyridine rings is 2. The fourth-order valence-electron chi connectivity index (χ4n) is 3.62. The molecule has 31 heavy (non-hydrogen) atoms. The van der Waals surface area contributed by atoms with Gasteiger partial charge in [0.15, 0.2) is 0 Å². The maximum absolute atomic E-state index is 11.7. The van der Waals surface area contributed by atoms with Crippen molar-refractivity contribution in [3.8, 4) is 11.4 Å². The number of allylic oxidation sites excluding steroid dienone is 1. The van der Waals surface area contributed by atoms with Crippen molar-refractivity contribution in [3.63, 3.8) is 0 Å². The highest BCUT2D eigenvalue weighted by Gasteiger charge is 2.17. The van der Waals surface area contributed by atoms with Crippen molar-refractivity contribution in [3.05, 3.63) is 76.6 Å². The van der Waals surface area contributed by atoms with Crippen LogP contribution >= 0.6 is 0 Å². The lowest BCUT2D eigenvalue weighted by molar-refractivity contribution is 0.0685. The molecule has 2 aromatic rings. The van der Waals surface area contributed by atoms with Crippen LogP contribution in [0.4, 0.5) is 0 Å². The normalized spacial score (nSPS) is 15.5. The molecule has 1 atom stereocenters. The van der Waals surface area contributed by atoms with Crippen molar-refractivity contribution in [2.24, 2.45) is 0 Å². The summed E-state index contributed by atoms with van der Waals surface area (Å²) in [5.74, 6) is -2.21. The molecule has 2 aromatic heterocycles. The topological polar surface area (TPSA) is 118 Å². The summed E-state index contributed by atoms with van der Waals surface area (Å²) in [4.78, 5) is 33.9. The summed E-state index contributed by atoms with van der Waals surface area (Å²) >= 11 is 0. The number of rotatable bonds is 7. The van der Waals surface area contributed by atoms with Gasteiger partial charge < -0.3 is 20.4 Å². The standard InChI is InChI=1S/C23H25N4O4/c1-13(2)27(14(3)4)17-5-6-18(25-12-17)20-10-16(23(30)31)11-21(26-20)19-9-15(22(28)29)7-8-24-19/h5-14,18H,1-4H3,(H,28,29)(H,30,31)/q-1. The van der Waals surface area contributed by atoms with E-state index in [2.05, 4.69) is 47.9 Å². The zero-order valence-corrected chi connectivity index (χ0v) is 17.9. The van der Waals surface area contributed by atoms with E-state index in [4.69, 9.17) is 0 Å². The van der Waals surface area contributed by atoms with E-state index in [-0.39, 0.29) is 22.5 Å². The second kappa shape index (κ2) is 8.99. The first kappa shape index (κ1) is 22.0. The van der Waals surface area contributed by atoms with E-state index in [1.165, 1.54) is 30.5 Å². The van der Waals surface area contributed by atoms with Crippen LogP contribution in [0.3, 0.4) is 0 Å². The molecular formula is C23H25N4O4-. The van der Waals surface area contributed by atoms with Gasteiger partial charge in [0.25, 0.3) is 0 Å². The minimum atomic E-state index is -1.11. The van der Waals surface area contributed by atoms with Gasteiger partial charge in [-0.2, -0.15) is 6.20 Å². The Morgan fingerprint density at radius 3 is 2.19 bits per heavy atom. The van der Waals surface area contributed by atoms with E-state index in [1.54, 1.807) is 6.20 Å². The number of carboxylic acid groups (broad SMARTS) is 2. The molecule has 3 rings (SSSR count). The number of aromatic carboxylic acids is 2. The summed E-state index contributed by atoms with van der Waals surface area (Å²) < 4.78 is 0. The first-order chi connectivity index (χ1) is 14.7. The maximum atomic E-state index is 11.7. The number of hydrogen-bond donors (Lipinski definition) is 2. The summed E-state index contributed by atoms with van der Waals surface area (Å²) in [6.45, 7) is 8.46. The Morgan fingerprint density at radius 2 is 1.65 bits per heavy atom. The van der Waals surface area contributed by atoms with Crippen LogP contribution in [0.15, 0.2) is 54.5 Å². The number of aromatic nitrogens is 2. The third kappa shape index (κ3) is 4.91. The van der Waals surface area contributed by atoms with Crippen molar-refractivity contribution in [1.29, 1.82) is 0 Å². The van der Waals surface area contributed by atoms with Crippen LogP contribution in [0, 0.1) is 0 Å². The third-order valence-corrected chi connectivity index (χ3v) is 4.89. The maximum Gasteiger partial charge on any atom is 0.335 e. The van der Waals surface area contributed by atoms with Gasteiger partial charge in [-0.15, -0.1) is 0 Å². The number of hydrogen-bond acceptors (Lipinski definition) is 5. The molecule has 1 unspecified atom stereocenters. The second-order valence-corrected chi connectivity index (χ2v) is 7.81. The Labute approximate surface area is 181 Å². The number of carboxylic acids is 2. The molecule has 0 aliphatic carbocycles. The molecule has 2 N–H and O–H groups in total. The lowest BCUT2D eigenvalue weighted by Crippen LogP contribution is -2.36. The zero-order chi connectivity index (χ0) is 22.7. The van der Waals surface area contributed by atoms with Crippen LogP contribution in [-0.2, 0) is 0 Å².